The Morgan fingerprint density at radius 3 is 2.86 bits per heavy atom. The second kappa shape index (κ2) is 7.73. The lowest BCUT2D eigenvalue weighted by atomic mass is 10.3. The number of anilines is 2. The number of hydrogen-bond acceptors (Lipinski definition) is 4. The quantitative estimate of drug-likeness (QED) is 0.784. The summed E-state index contributed by atoms with van der Waals surface area (Å²) >= 11 is 3.46. The summed E-state index contributed by atoms with van der Waals surface area (Å²) in [6.07, 6.45) is 3.38. The molecular weight excluding hydrogens is 332 g/mol. The summed E-state index contributed by atoms with van der Waals surface area (Å²) in [4.78, 5) is 20.1. The largest absolute Gasteiger partial charge is 0.351 e. The van der Waals surface area contributed by atoms with Gasteiger partial charge in [-0.05, 0) is 34.5 Å². The molecule has 0 atom stereocenters. The van der Waals surface area contributed by atoms with Crippen LogP contribution in [0.5, 0.6) is 0 Å². The van der Waals surface area contributed by atoms with E-state index in [0.29, 0.717) is 18.1 Å². The van der Waals surface area contributed by atoms with Crippen molar-refractivity contribution in [3.05, 3.63) is 46.8 Å². The zero-order chi connectivity index (χ0) is 15.1. The Labute approximate surface area is 132 Å². The van der Waals surface area contributed by atoms with Crippen molar-refractivity contribution >= 4 is 33.3 Å². The van der Waals surface area contributed by atoms with Crippen LogP contribution < -0.4 is 10.6 Å². The van der Waals surface area contributed by atoms with Gasteiger partial charge in [0.05, 0.1) is 5.69 Å². The molecule has 0 fully saturated rings. The van der Waals surface area contributed by atoms with Crippen molar-refractivity contribution in [2.75, 3.05) is 11.9 Å². The summed E-state index contributed by atoms with van der Waals surface area (Å²) in [5, 5.41) is 5.99. The number of nitrogens with one attached hydrogen (secondary N) is 2. The number of carbonyl (C=O) groups is 1. The Morgan fingerprint density at radius 1 is 1.29 bits per heavy atom. The Morgan fingerprint density at radius 2 is 2.10 bits per heavy atom. The van der Waals surface area contributed by atoms with E-state index in [1.165, 1.54) is 6.33 Å². The van der Waals surface area contributed by atoms with Gasteiger partial charge in [0.1, 0.15) is 17.8 Å². The number of rotatable bonds is 6. The maximum absolute atomic E-state index is 12.0. The third-order valence-electron chi connectivity index (χ3n) is 2.85. The van der Waals surface area contributed by atoms with Crippen LogP contribution in [0.15, 0.2) is 41.1 Å². The number of benzene rings is 1. The molecule has 6 heteroatoms. The molecule has 21 heavy (non-hydrogen) atoms. The first-order valence-electron chi connectivity index (χ1n) is 6.82. The van der Waals surface area contributed by atoms with Gasteiger partial charge < -0.3 is 10.6 Å². The Balaban J connectivity index is 2.07. The molecule has 2 aromatic rings. The molecule has 1 aromatic heterocycles. The van der Waals surface area contributed by atoms with E-state index in [1.54, 1.807) is 6.07 Å². The van der Waals surface area contributed by atoms with Crippen molar-refractivity contribution in [2.24, 2.45) is 0 Å². The smallest absolute Gasteiger partial charge is 0.270 e. The van der Waals surface area contributed by atoms with Crippen LogP contribution in [0.25, 0.3) is 0 Å². The molecule has 5 nitrogen and oxygen atoms in total. The standard InChI is InChI=1S/C15H17BrN4O/c1-2-3-8-17-15(21)13-9-14(19-10-18-13)20-12-7-5-4-6-11(12)16/h4-7,9-10H,2-3,8H2,1H3,(H,17,21)(H,18,19,20). The lowest BCUT2D eigenvalue weighted by molar-refractivity contribution is 0.0948. The predicted molar refractivity (Wildman–Crippen MR) is 86.7 cm³/mol. The van der Waals surface area contributed by atoms with Crippen molar-refractivity contribution < 1.29 is 4.79 Å². The Bertz CT molecular complexity index is 618. The second-order valence-electron chi connectivity index (χ2n) is 4.50. The average Bonchev–Trinajstić information content (AvgIpc) is 2.50. The molecule has 0 aliphatic rings. The number of nitrogens with zero attached hydrogens (tertiary/aromatic N) is 2. The minimum atomic E-state index is -0.180. The van der Waals surface area contributed by atoms with Gasteiger partial charge in [-0.1, -0.05) is 25.5 Å². The van der Waals surface area contributed by atoms with Crippen LogP contribution in [0.4, 0.5) is 11.5 Å². The Kier molecular flexibility index (Phi) is 5.68. The maximum atomic E-state index is 12.0. The van der Waals surface area contributed by atoms with Crippen molar-refractivity contribution in [1.82, 2.24) is 15.3 Å². The van der Waals surface area contributed by atoms with Crippen LogP contribution in [-0.4, -0.2) is 22.4 Å². The summed E-state index contributed by atoms with van der Waals surface area (Å²) < 4.78 is 0.928. The van der Waals surface area contributed by atoms with E-state index in [2.05, 4.69) is 43.5 Å². The predicted octanol–water partition coefficient (Wildman–Crippen LogP) is 3.51. The van der Waals surface area contributed by atoms with Crippen molar-refractivity contribution in [1.29, 1.82) is 0 Å². The van der Waals surface area contributed by atoms with Crippen LogP contribution in [0.3, 0.4) is 0 Å². The highest BCUT2D eigenvalue weighted by molar-refractivity contribution is 9.10. The molecule has 0 aliphatic carbocycles. The molecule has 0 radical (unpaired) electrons. The highest BCUT2D eigenvalue weighted by Crippen LogP contribution is 2.24. The van der Waals surface area contributed by atoms with Gasteiger partial charge in [0.25, 0.3) is 5.91 Å². The van der Waals surface area contributed by atoms with Gasteiger partial charge in [0, 0.05) is 17.1 Å². The molecule has 2 rings (SSSR count). The highest BCUT2D eigenvalue weighted by Gasteiger charge is 2.08. The van der Waals surface area contributed by atoms with Gasteiger partial charge in [-0.25, -0.2) is 9.97 Å². The first-order valence-corrected chi connectivity index (χ1v) is 7.62. The summed E-state index contributed by atoms with van der Waals surface area (Å²) in [6, 6.07) is 9.35. The number of unbranched alkanes of at least 4 members (excludes halogenated alkanes) is 1. The molecule has 1 aromatic carbocycles. The third-order valence-corrected chi connectivity index (χ3v) is 3.54. The number of halogens is 1. The summed E-state index contributed by atoms with van der Waals surface area (Å²) in [6.45, 7) is 2.74. The second-order valence-corrected chi connectivity index (χ2v) is 5.36. The average molecular weight is 349 g/mol. The summed E-state index contributed by atoms with van der Waals surface area (Å²) in [5.41, 5.74) is 1.24. The molecule has 0 spiro atoms. The van der Waals surface area contributed by atoms with E-state index < -0.39 is 0 Å². The molecule has 0 saturated carbocycles. The Hall–Kier alpha value is -1.95. The van der Waals surface area contributed by atoms with Crippen molar-refractivity contribution in [2.45, 2.75) is 19.8 Å². The van der Waals surface area contributed by atoms with Crippen molar-refractivity contribution in [3.8, 4) is 0 Å². The van der Waals surface area contributed by atoms with E-state index in [4.69, 9.17) is 0 Å². The number of aromatic nitrogens is 2. The zero-order valence-electron chi connectivity index (χ0n) is 11.8. The lowest BCUT2D eigenvalue weighted by Crippen LogP contribution is -2.25. The van der Waals surface area contributed by atoms with Crippen LogP contribution in [0.1, 0.15) is 30.3 Å². The van der Waals surface area contributed by atoms with Crippen LogP contribution in [0, 0.1) is 0 Å². The molecular formula is C15H17BrN4O. The molecule has 1 amide bonds. The summed E-state index contributed by atoms with van der Waals surface area (Å²) in [7, 11) is 0. The van der Waals surface area contributed by atoms with Gasteiger partial charge in [-0.3, -0.25) is 4.79 Å². The molecule has 0 aliphatic heterocycles. The number of amides is 1. The molecule has 110 valence electrons. The number of carbonyl (C=O) groups excluding carboxylic acids is 1. The van der Waals surface area contributed by atoms with E-state index >= 15 is 0 Å². The normalized spacial score (nSPS) is 10.2. The highest BCUT2D eigenvalue weighted by atomic mass is 79.9. The van der Waals surface area contributed by atoms with Crippen LogP contribution in [-0.2, 0) is 0 Å². The fourth-order valence-corrected chi connectivity index (χ4v) is 2.10. The number of hydrogen-bond donors (Lipinski definition) is 2. The van der Waals surface area contributed by atoms with Gasteiger partial charge in [0.15, 0.2) is 0 Å². The fraction of sp³-hybridized carbons (Fsp3) is 0.267. The topological polar surface area (TPSA) is 66.9 Å². The van der Waals surface area contributed by atoms with Gasteiger partial charge in [-0.15, -0.1) is 0 Å². The van der Waals surface area contributed by atoms with Crippen LogP contribution >= 0.6 is 15.9 Å². The maximum Gasteiger partial charge on any atom is 0.270 e. The van der Waals surface area contributed by atoms with E-state index in [0.717, 1.165) is 23.0 Å². The minimum absolute atomic E-state index is 0.180. The third kappa shape index (κ3) is 4.53. The number of para-hydroxylation sites is 1. The first kappa shape index (κ1) is 15.4. The molecule has 0 bridgehead atoms. The molecule has 0 unspecified atom stereocenters. The van der Waals surface area contributed by atoms with Gasteiger partial charge in [0.2, 0.25) is 0 Å². The van der Waals surface area contributed by atoms with Gasteiger partial charge in [-0.2, -0.15) is 0 Å². The lowest BCUT2D eigenvalue weighted by Gasteiger charge is -2.08. The first-order chi connectivity index (χ1) is 10.2. The molecule has 2 N–H and O–H groups in total. The molecule has 0 saturated heterocycles. The van der Waals surface area contributed by atoms with E-state index in [9.17, 15) is 4.79 Å². The molecule has 1 heterocycles. The van der Waals surface area contributed by atoms with Crippen molar-refractivity contribution in [3.63, 3.8) is 0 Å². The van der Waals surface area contributed by atoms with Crippen LogP contribution in [0.2, 0.25) is 0 Å². The minimum Gasteiger partial charge on any atom is -0.351 e. The zero-order valence-corrected chi connectivity index (χ0v) is 13.4. The van der Waals surface area contributed by atoms with Gasteiger partial charge >= 0.3 is 0 Å². The fourth-order valence-electron chi connectivity index (χ4n) is 1.72. The van der Waals surface area contributed by atoms with E-state index in [1.807, 2.05) is 24.3 Å². The SMILES string of the molecule is CCCCNC(=O)c1cc(Nc2ccccc2Br)ncn1. The summed E-state index contributed by atoms with van der Waals surface area (Å²) in [5.74, 6) is 0.401. The monoisotopic (exact) mass is 348 g/mol. The van der Waals surface area contributed by atoms with E-state index in [-0.39, 0.29) is 5.91 Å².